The Morgan fingerprint density at radius 3 is 2.67 bits per heavy atom. The molecule has 0 aliphatic heterocycles. The van der Waals surface area contributed by atoms with Crippen molar-refractivity contribution in [3.05, 3.63) is 35.4 Å². The highest BCUT2D eigenvalue weighted by Crippen LogP contribution is 2.21. The molecule has 2 N–H and O–H groups in total. The molecule has 0 radical (unpaired) electrons. The molecule has 2 nitrogen and oxygen atoms in total. The Morgan fingerprint density at radius 1 is 1.40 bits per heavy atom. The van der Waals surface area contributed by atoms with Crippen molar-refractivity contribution < 1.29 is 5.11 Å². The maximum atomic E-state index is 8.98. The van der Waals surface area contributed by atoms with Crippen molar-refractivity contribution in [2.75, 3.05) is 13.7 Å². The van der Waals surface area contributed by atoms with Crippen LogP contribution in [0.1, 0.15) is 30.4 Å². The summed E-state index contributed by atoms with van der Waals surface area (Å²) < 4.78 is 0. The topological polar surface area (TPSA) is 32.3 Å². The molecule has 0 bridgehead atoms. The van der Waals surface area contributed by atoms with Gasteiger partial charge in [0.1, 0.15) is 0 Å². The highest BCUT2D eigenvalue weighted by Gasteiger charge is 2.16. The summed E-state index contributed by atoms with van der Waals surface area (Å²) in [6.07, 6.45) is 0.797. The van der Waals surface area contributed by atoms with Gasteiger partial charge in [0.2, 0.25) is 0 Å². The lowest BCUT2D eigenvalue weighted by atomic mass is 9.91. The number of rotatable bonds is 5. The van der Waals surface area contributed by atoms with Crippen LogP contribution in [0.3, 0.4) is 0 Å². The van der Waals surface area contributed by atoms with Gasteiger partial charge in [0.15, 0.2) is 0 Å². The minimum Gasteiger partial charge on any atom is -0.396 e. The highest BCUT2D eigenvalue weighted by atomic mass is 16.3. The molecular formula is C13H21NO. The van der Waals surface area contributed by atoms with Crippen molar-refractivity contribution in [2.45, 2.75) is 32.2 Å². The molecule has 0 fully saturated rings. The normalized spacial score (nSPS) is 14.9. The molecule has 0 aliphatic carbocycles. The quantitative estimate of drug-likeness (QED) is 0.774. The van der Waals surface area contributed by atoms with Crippen LogP contribution in [0, 0.1) is 6.92 Å². The van der Waals surface area contributed by atoms with Crippen molar-refractivity contribution in [2.24, 2.45) is 0 Å². The van der Waals surface area contributed by atoms with Crippen LogP contribution in [0.2, 0.25) is 0 Å². The molecule has 2 heteroatoms. The van der Waals surface area contributed by atoms with Crippen molar-refractivity contribution in [1.29, 1.82) is 0 Å². The molecule has 0 amide bonds. The number of aryl methyl sites for hydroxylation is 1. The molecule has 2 unspecified atom stereocenters. The second kappa shape index (κ2) is 5.89. The molecule has 2 atom stereocenters. The predicted octanol–water partition coefficient (Wildman–Crippen LogP) is 2.07. The molecule has 0 saturated heterocycles. The van der Waals surface area contributed by atoms with Crippen LogP contribution in [-0.2, 0) is 0 Å². The fraction of sp³-hybridized carbons (Fsp3) is 0.538. The van der Waals surface area contributed by atoms with Crippen LogP contribution < -0.4 is 5.32 Å². The number of hydrogen-bond acceptors (Lipinski definition) is 2. The fourth-order valence-corrected chi connectivity index (χ4v) is 1.97. The summed E-state index contributed by atoms with van der Waals surface area (Å²) in [4.78, 5) is 0. The molecule has 0 spiro atoms. The Labute approximate surface area is 92.3 Å². The molecule has 84 valence electrons. The first kappa shape index (κ1) is 12.2. The van der Waals surface area contributed by atoms with E-state index in [0.717, 1.165) is 6.42 Å². The zero-order valence-corrected chi connectivity index (χ0v) is 9.83. The first-order chi connectivity index (χ1) is 7.19. The van der Waals surface area contributed by atoms with Gasteiger partial charge in [0, 0.05) is 12.6 Å². The first-order valence-electron chi connectivity index (χ1n) is 5.53. The van der Waals surface area contributed by atoms with Crippen LogP contribution in [0.4, 0.5) is 0 Å². The SMILES string of the molecule is CNC(CCO)C(C)c1cccc(C)c1. The zero-order chi connectivity index (χ0) is 11.3. The van der Waals surface area contributed by atoms with E-state index in [-0.39, 0.29) is 6.61 Å². The lowest BCUT2D eigenvalue weighted by Crippen LogP contribution is -2.31. The molecule has 0 aliphatic rings. The standard InChI is InChI=1S/C13H21NO/c1-10-5-4-6-12(9-10)11(2)13(14-3)7-8-15/h4-6,9,11,13-15H,7-8H2,1-3H3. The zero-order valence-electron chi connectivity index (χ0n) is 9.83. The smallest absolute Gasteiger partial charge is 0.0446 e. The van der Waals surface area contributed by atoms with Gasteiger partial charge in [0.05, 0.1) is 0 Å². The van der Waals surface area contributed by atoms with Gasteiger partial charge in [-0.15, -0.1) is 0 Å². The van der Waals surface area contributed by atoms with Crippen molar-refractivity contribution in [1.82, 2.24) is 5.32 Å². The highest BCUT2D eigenvalue weighted by molar-refractivity contribution is 5.26. The van der Waals surface area contributed by atoms with Crippen molar-refractivity contribution >= 4 is 0 Å². The minimum atomic E-state index is 0.238. The van der Waals surface area contributed by atoms with E-state index < -0.39 is 0 Å². The summed E-state index contributed by atoms with van der Waals surface area (Å²) in [6, 6.07) is 8.91. The summed E-state index contributed by atoms with van der Waals surface area (Å²) in [7, 11) is 1.95. The monoisotopic (exact) mass is 207 g/mol. The Bertz CT molecular complexity index is 298. The van der Waals surface area contributed by atoms with Crippen LogP contribution in [-0.4, -0.2) is 24.8 Å². The lowest BCUT2D eigenvalue weighted by molar-refractivity contribution is 0.259. The van der Waals surface area contributed by atoms with Gasteiger partial charge in [-0.2, -0.15) is 0 Å². The summed E-state index contributed by atoms with van der Waals surface area (Å²) >= 11 is 0. The molecule has 1 aromatic carbocycles. The fourth-order valence-electron chi connectivity index (χ4n) is 1.97. The summed E-state index contributed by atoms with van der Waals surface area (Å²) in [5.74, 6) is 0.432. The van der Waals surface area contributed by atoms with Gasteiger partial charge in [-0.3, -0.25) is 0 Å². The predicted molar refractivity (Wildman–Crippen MR) is 64.1 cm³/mol. The molecule has 0 saturated carbocycles. The Hall–Kier alpha value is -0.860. The van der Waals surface area contributed by atoms with Gasteiger partial charge in [0.25, 0.3) is 0 Å². The second-order valence-corrected chi connectivity index (χ2v) is 4.11. The minimum absolute atomic E-state index is 0.238. The maximum absolute atomic E-state index is 8.98. The Kier molecular flexibility index (Phi) is 4.79. The van der Waals surface area contributed by atoms with Crippen LogP contribution in [0.25, 0.3) is 0 Å². The van der Waals surface area contributed by atoms with Gasteiger partial charge in [-0.05, 0) is 31.9 Å². The van der Waals surface area contributed by atoms with E-state index in [4.69, 9.17) is 5.11 Å². The number of nitrogens with one attached hydrogen (secondary N) is 1. The second-order valence-electron chi connectivity index (χ2n) is 4.11. The van der Waals surface area contributed by atoms with Gasteiger partial charge in [-0.25, -0.2) is 0 Å². The number of aliphatic hydroxyl groups excluding tert-OH is 1. The molecule has 0 heterocycles. The van der Waals surface area contributed by atoms with E-state index in [1.807, 2.05) is 7.05 Å². The lowest BCUT2D eigenvalue weighted by Gasteiger charge is -2.23. The number of benzene rings is 1. The molecule has 0 aromatic heterocycles. The van der Waals surface area contributed by atoms with E-state index >= 15 is 0 Å². The van der Waals surface area contributed by atoms with E-state index in [0.29, 0.717) is 12.0 Å². The Balaban J connectivity index is 2.77. The van der Waals surface area contributed by atoms with E-state index in [2.05, 4.69) is 43.4 Å². The van der Waals surface area contributed by atoms with Gasteiger partial charge in [-0.1, -0.05) is 36.8 Å². The van der Waals surface area contributed by atoms with Crippen molar-refractivity contribution in [3.8, 4) is 0 Å². The van der Waals surface area contributed by atoms with Gasteiger partial charge >= 0.3 is 0 Å². The summed E-state index contributed by atoms with van der Waals surface area (Å²) in [5.41, 5.74) is 2.63. The summed E-state index contributed by atoms with van der Waals surface area (Å²) in [6.45, 7) is 4.55. The van der Waals surface area contributed by atoms with E-state index in [9.17, 15) is 0 Å². The maximum Gasteiger partial charge on any atom is 0.0446 e. The van der Waals surface area contributed by atoms with Crippen LogP contribution >= 0.6 is 0 Å². The molecule has 1 aromatic rings. The third kappa shape index (κ3) is 3.33. The van der Waals surface area contributed by atoms with Crippen molar-refractivity contribution in [3.63, 3.8) is 0 Å². The molecular weight excluding hydrogens is 186 g/mol. The average molecular weight is 207 g/mol. The third-order valence-corrected chi connectivity index (χ3v) is 2.98. The van der Waals surface area contributed by atoms with Crippen LogP contribution in [0.5, 0.6) is 0 Å². The van der Waals surface area contributed by atoms with E-state index in [1.165, 1.54) is 11.1 Å². The summed E-state index contributed by atoms with van der Waals surface area (Å²) in [5, 5.41) is 12.2. The number of likely N-dealkylation sites (N-methyl/N-ethyl adjacent to an activating group) is 1. The number of hydrogen-bond donors (Lipinski definition) is 2. The average Bonchev–Trinajstić information content (AvgIpc) is 2.25. The first-order valence-corrected chi connectivity index (χ1v) is 5.53. The van der Waals surface area contributed by atoms with Gasteiger partial charge < -0.3 is 10.4 Å². The molecule has 1 rings (SSSR count). The Morgan fingerprint density at radius 2 is 2.13 bits per heavy atom. The van der Waals surface area contributed by atoms with E-state index in [1.54, 1.807) is 0 Å². The third-order valence-electron chi connectivity index (χ3n) is 2.98. The molecule has 15 heavy (non-hydrogen) atoms. The number of aliphatic hydroxyl groups is 1. The van der Waals surface area contributed by atoms with Crippen LogP contribution in [0.15, 0.2) is 24.3 Å². The largest absolute Gasteiger partial charge is 0.396 e.